The fraction of sp³-hybridized carbons (Fsp3) is 0.267. The number of ether oxygens (including phenoxy) is 4. The van der Waals surface area contributed by atoms with Crippen molar-refractivity contribution in [1.29, 1.82) is 0 Å². The first-order valence-electron chi connectivity index (χ1n) is 18.3. The van der Waals surface area contributed by atoms with Gasteiger partial charge in [-0.15, -0.1) is 22.7 Å². The highest BCUT2D eigenvalue weighted by atomic mass is 32.1. The number of phenolic OH excluding ortho intramolecular Hbond substituents is 1. The van der Waals surface area contributed by atoms with Crippen LogP contribution in [0.1, 0.15) is 58.2 Å². The number of rotatable bonds is 5. The molecular formula is C45H42N2O5S2. The summed E-state index contributed by atoms with van der Waals surface area (Å²) in [6, 6.07) is 25.8. The van der Waals surface area contributed by atoms with E-state index in [1.165, 1.54) is 5.56 Å². The van der Waals surface area contributed by atoms with Crippen LogP contribution in [-0.2, 0) is 10.8 Å². The normalized spacial score (nSPS) is 14.4. The van der Waals surface area contributed by atoms with Crippen LogP contribution in [0.5, 0.6) is 28.7 Å². The molecule has 0 bridgehead atoms. The van der Waals surface area contributed by atoms with Gasteiger partial charge in [0, 0.05) is 44.6 Å². The van der Waals surface area contributed by atoms with Gasteiger partial charge in [0.25, 0.3) is 0 Å². The molecule has 5 heterocycles. The van der Waals surface area contributed by atoms with E-state index in [2.05, 4.69) is 107 Å². The van der Waals surface area contributed by atoms with Crippen molar-refractivity contribution in [3.05, 3.63) is 100 Å². The van der Waals surface area contributed by atoms with Gasteiger partial charge in [-0.2, -0.15) is 0 Å². The molecule has 7 aromatic rings. The molecule has 9 heteroatoms. The Bertz CT molecular complexity index is 2480. The Morgan fingerprint density at radius 3 is 1.70 bits per heavy atom. The predicted octanol–water partition coefficient (Wildman–Crippen LogP) is 11.8. The van der Waals surface area contributed by atoms with Crippen molar-refractivity contribution in [2.24, 2.45) is 4.99 Å². The summed E-state index contributed by atoms with van der Waals surface area (Å²) >= 11 is 3.29. The topological polar surface area (TPSA) is 74.4 Å². The largest absolute Gasteiger partial charge is 0.507 e. The Morgan fingerprint density at radius 2 is 1.19 bits per heavy atom. The van der Waals surface area contributed by atoms with Gasteiger partial charge in [-0.3, -0.25) is 4.99 Å². The second-order valence-corrected chi connectivity index (χ2v) is 17.7. The summed E-state index contributed by atoms with van der Waals surface area (Å²) in [7, 11) is 0. The van der Waals surface area contributed by atoms with Crippen molar-refractivity contribution < 1.29 is 24.1 Å². The summed E-state index contributed by atoms with van der Waals surface area (Å²) in [4.78, 5) is 6.98. The Morgan fingerprint density at radius 1 is 0.648 bits per heavy atom. The highest BCUT2D eigenvalue weighted by Gasteiger charge is 2.26. The molecule has 54 heavy (non-hydrogen) atoms. The predicted molar refractivity (Wildman–Crippen MR) is 222 cm³/mol. The summed E-state index contributed by atoms with van der Waals surface area (Å²) in [6.07, 6.45) is 1.79. The molecule has 7 nitrogen and oxygen atoms in total. The average molecular weight is 755 g/mol. The lowest BCUT2D eigenvalue weighted by molar-refractivity contribution is 0.174. The molecule has 0 saturated heterocycles. The first-order chi connectivity index (χ1) is 25.9. The van der Waals surface area contributed by atoms with Gasteiger partial charge in [-0.1, -0.05) is 59.7 Å². The van der Waals surface area contributed by atoms with Crippen LogP contribution in [0.4, 0.5) is 5.69 Å². The number of aliphatic imine (C=N–C) groups is 1. The van der Waals surface area contributed by atoms with Crippen LogP contribution >= 0.6 is 22.7 Å². The van der Waals surface area contributed by atoms with Gasteiger partial charge in [0.15, 0.2) is 23.0 Å². The monoisotopic (exact) mass is 754 g/mol. The lowest BCUT2D eigenvalue weighted by Crippen LogP contribution is -2.17. The number of hydrogen-bond donors (Lipinski definition) is 1. The summed E-state index contributed by atoms with van der Waals surface area (Å²) in [5.41, 5.74) is 8.72. The molecule has 1 N–H and O–H groups in total. The number of phenols is 1. The van der Waals surface area contributed by atoms with E-state index in [0.29, 0.717) is 26.4 Å². The second-order valence-electron chi connectivity index (χ2n) is 15.9. The summed E-state index contributed by atoms with van der Waals surface area (Å²) in [5, 5.41) is 17.7. The summed E-state index contributed by atoms with van der Waals surface area (Å²) < 4.78 is 26.2. The minimum absolute atomic E-state index is 0.0709. The molecule has 274 valence electrons. The van der Waals surface area contributed by atoms with E-state index in [0.717, 1.165) is 88.2 Å². The lowest BCUT2D eigenvalue weighted by atomic mass is 9.79. The van der Waals surface area contributed by atoms with Gasteiger partial charge in [0.1, 0.15) is 32.2 Å². The number of fused-ring (bicyclic) bond motifs is 5. The zero-order valence-corrected chi connectivity index (χ0v) is 32.9. The average Bonchev–Trinajstić information content (AvgIpc) is 3.87. The van der Waals surface area contributed by atoms with E-state index in [1.807, 2.05) is 22.9 Å². The van der Waals surface area contributed by atoms with Crippen LogP contribution < -0.4 is 18.9 Å². The SMILES string of the molecule is CC(C)(C)c1cc(/C=N/c2ccc(-n3c4ccc(-c5scc6c5OCCO6)cc4c4cc(-c5scc6c5OCCO6)ccc43)cc2)c(O)c(C(C)(C)C)c1. The van der Waals surface area contributed by atoms with Crippen LogP contribution in [0.2, 0.25) is 0 Å². The fourth-order valence-electron chi connectivity index (χ4n) is 7.30. The molecule has 0 saturated carbocycles. The first-order valence-corrected chi connectivity index (χ1v) is 20.1. The van der Waals surface area contributed by atoms with E-state index >= 15 is 0 Å². The van der Waals surface area contributed by atoms with Crippen LogP contribution in [-0.4, -0.2) is 42.3 Å². The molecule has 0 fully saturated rings. The Labute approximate surface area is 323 Å². The van der Waals surface area contributed by atoms with E-state index in [9.17, 15) is 5.11 Å². The lowest BCUT2D eigenvalue weighted by Gasteiger charge is -2.26. The van der Waals surface area contributed by atoms with Gasteiger partial charge < -0.3 is 28.6 Å². The van der Waals surface area contributed by atoms with Crippen molar-refractivity contribution in [2.75, 3.05) is 26.4 Å². The van der Waals surface area contributed by atoms with E-state index in [1.54, 1.807) is 28.9 Å². The molecule has 4 aromatic carbocycles. The number of nitrogens with zero attached hydrogens (tertiary/aromatic N) is 2. The van der Waals surface area contributed by atoms with Crippen molar-refractivity contribution >= 4 is 56.4 Å². The minimum atomic E-state index is -0.212. The Kier molecular flexibility index (Phi) is 8.28. The molecule has 3 aromatic heterocycles. The van der Waals surface area contributed by atoms with Gasteiger partial charge >= 0.3 is 0 Å². The zero-order chi connectivity index (χ0) is 37.4. The molecule has 0 unspecified atom stereocenters. The van der Waals surface area contributed by atoms with Crippen molar-refractivity contribution in [2.45, 2.75) is 52.4 Å². The molecule has 9 rings (SSSR count). The van der Waals surface area contributed by atoms with Crippen LogP contribution in [0.3, 0.4) is 0 Å². The van der Waals surface area contributed by atoms with E-state index in [4.69, 9.17) is 23.9 Å². The summed E-state index contributed by atoms with van der Waals surface area (Å²) in [5.74, 6) is 3.54. The third-order valence-corrected chi connectivity index (χ3v) is 12.1. The highest BCUT2D eigenvalue weighted by molar-refractivity contribution is 7.14. The van der Waals surface area contributed by atoms with Gasteiger partial charge in [-0.25, -0.2) is 0 Å². The molecule has 0 radical (unpaired) electrons. The minimum Gasteiger partial charge on any atom is -0.507 e. The smallest absolute Gasteiger partial charge is 0.179 e. The van der Waals surface area contributed by atoms with Crippen molar-refractivity contribution in [1.82, 2.24) is 4.57 Å². The third kappa shape index (κ3) is 6.00. The van der Waals surface area contributed by atoms with Gasteiger partial charge in [-0.05, 0) is 82.1 Å². The molecule has 0 amide bonds. The van der Waals surface area contributed by atoms with Crippen molar-refractivity contribution in [3.8, 4) is 55.3 Å². The second kappa shape index (κ2) is 13.0. The number of aromatic nitrogens is 1. The molecular weight excluding hydrogens is 713 g/mol. The molecule has 0 atom stereocenters. The fourth-order valence-corrected chi connectivity index (χ4v) is 9.16. The standard InChI is InChI=1S/C45H42N2O5S2/c1-44(2,3)29-19-28(39(48)34(22-29)45(4,5)6)23-46-30-9-11-31(12-10-30)47-35-13-7-26(42-40-37(24-53-42)49-15-17-51-40)20-32(35)33-21-27(8-14-36(33)47)43-41-38(25-54-43)50-16-18-52-41/h7-14,19-25,48H,15-18H2,1-6H3/b46-23+. The molecule has 0 spiro atoms. The highest BCUT2D eigenvalue weighted by Crippen LogP contribution is 2.49. The number of hydrogen-bond acceptors (Lipinski definition) is 8. The maximum Gasteiger partial charge on any atom is 0.179 e. The number of aromatic hydroxyl groups is 1. The van der Waals surface area contributed by atoms with Gasteiger partial charge in [0.05, 0.1) is 26.5 Å². The van der Waals surface area contributed by atoms with Crippen LogP contribution in [0.15, 0.2) is 88.5 Å². The quantitative estimate of drug-likeness (QED) is 0.177. The van der Waals surface area contributed by atoms with Crippen LogP contribution in [0.25, 0.3) is 48.4 Å². The molecule has 0 aliphatic carbocycles. The zero-order valence-electron chi connectivity index (χ0n) is 31.3. The van der Waals surface area contributed by atoms with Crippen molar-refractivity contribution in [3.63, 3.8) is 0 Å². The third-order valence-electron chi connectivity index (χ3n) is 10.2. The van der Waals surface area contributed by atoms with E-state index < -0.39 is 0 Å². The molecule has 2 aliphatic heterocycles. The van der Waals surface area contributed by atoms with Gasteiger partial charge in [0.2, 0.25) is 0 Å². The summed E-state index contributed by atoms with van der Waals surface area (Å²) in [6.45, 7) is 15.2. The van der Waals surface area contributed by atoms with E-state index in [-0.39, 0.29) is 16.6 Å². The Hall–Kier alpha value is -5.25. The molecule has 2 aliphatic rings. The number of benzene rings is 4. The van der Waals surface area contributed by atoms with Crippen LogP contribution in [0, 0.1) is 0 Å². The maximum absolute atomic E-state index is 11.3. The number of thiophene rings is 2. The first kappa shape index (κ1) is 34.5. The Balaban J connectivity index is 1.14. The maximum atomic E-state index is 11.3.